The summed E-state index contributed by atoms with van der Waals surface area (Å²) in [5, 5.41) is 0. The third-order valence-electron chi connectivity index (χ3n) is 0.970. The van der Waals surface area contributed by atoms with E-state index < -0.39 is 0 Å². The molecule has 5 heteroatoms. The van der Waals surface area contributed by atoms with E-state index in [0.717, 1.165) is 13.1 Å². The number of rotatable bonds is 1. The summed E-state index contributed by atoms with van der Waals surface area (Å²) in [5.74, 6) is 5.20. The minimum atomic E-state index is 0.862. The number of nitrogens with two attached hydrogens (primary N) is 1. The SMILES string of the molecule is NNc1ccc(I)nc1I. The zero-order valence-electron chi connectivity index (χ0n) is 4.94. The minimum absolute atomic E-state index is 0.862. The van der Waals surface area contributed by atoms with Crippen LogP contribution < -0.4 is 11.3 Å². The number of nitrogen functional groups attached to an aromatic ring is 1. The van der Waals surface area contributed by atoms with Gasteiger partial charge in [-0.2, -0.15) is 0 Å². The maximum absolute atomic E-state index is 5.20. The van der Waals surface area contributed by atoms with Crippen LogP contribution in [0.25, 0.3) is 0 Å². The van der Waals surface area contributed by atoms with Crippen molar-refractivity contribution in [1.82, 2.24) is 4.98 Å². The molecule has 1 rings (SSSR count). The van der Waals surface area contributed by atoms with Crippen molar-refractivity contribution >= 4 is 50.9 Å². The normalized spacial score (nSPS) is 9.50. The van der Waals surface area contributed by atoms with Crippen LogP contribution in [0, 0.1) is 7.40 Å². The van der Waals surface area contributed by atoms with Crippen LogP contribution in [0.4, 0.5) is 5.69 Å². The van der Waals surface area contributed by atoms with Crippen LogP contribution in [0.1, 0.15) is 0 Å². The Morgan fingerprint density at radius 2 is 2.10 bits per heavy atom. The molecule has 0 spiro atoms. The van der Waals surface area contributed by atoms with Gasteiger partial charge in [0.15, 0.2) is 0 Å². The molecule has 0 aromatic carbocycles. The average molecular weight is 361 g/mol. The lowest BCUT2D eigenvalue weighted by Gasteiger charge is -2.00. The van der Waals surface area contributed by atoms with Crippen molar-refractivity contribution in [2.24, 2.45) is 5.84 Å². The molecule has 0 saturated carbocycles. The summed E-state index contributed by atoms with van der Waals surface area (Å²) in [6, 6.07) is 3.80. The monoisotopic (exact) mass is 361 g/mol. The highest BCUT2D eigenvalue weighted by atomic mass is 127. The van der Waals surface area contributed by atoms with Gasteiger partial charge in [0, 0.05) is 0 Å². The van der Waals surface area contributed by atoms with E-state index in [1.165, 1.54) is 0 Å². The lowest BCUT2D eigenvalue weighted by atomic mass is 10.4. The molecule has 0 fully saturated rings. The number of halogens is 2. The van der Waals surface area contributed by atoms with Crippen LogP contribution in [-0.2, 0) is 0 Å². The second-order valence-corrected chi connectivity index (χ2v) is 3.74. The van der Waals surface area contributed by atoms with Gasteiger partial charge in [-0.3, -0.25) is 5.84 Å². The number of nitrogens with one attached hydrogen (secondary N) is 1. The van der Waals surface area contributed by atoms with Crippen molar-refractivity contribution in [3.05, 3.63) is 19.5 Å². The molecule has 10 heavy (non-hydrogen) atoms. The number of nitrogens with zero attached hydrogens (tertiary/aromatic N) is 1. The first-order valence-electron chi connectivity index (χ1n) is 2.52. The number of hydrogen-bond donors (Lipinski definition) is 2. The van der Waals surface area contributed by atoms with Gasteiger partial charge in [-0.15, -0.1) is 0 Å². The van der Waals surface area contributed by atoms with Gasteiger partial charge in [0.25, 0.3) is 0 Å². The Morgan fingerprint density at radius 1 is 1.40 bits per heavy atom. The molecule has 54 valence electrons. The molecule has 0 bridgehead atoms. The van der Waals surface area contributed by atoms with E-state index in [4.69, 9.17) is 5.84 Å². The standard InChI is InChI=1S/C5H5I2N3/c6-4-2-1-3(10-8)5(7)9-4/h1-2,10H,8H2. The molecule has 0 atom stereocenters. The quantitative estimate of drug-likeness (QED) is 0.346. The van der Waals surface area contributed by atoms with E-state index in [0.29, 0.717) is 0 Å². The van der Waals surface area contributed by atoms with Gasteiger partial charge in [-0.25, -0.2) is 4.98 Å². The van der Waals surface area contributed by atoms with Crippen molar-refractivity contribution in [2.45, 2.75) is 0 Å². The summed E-state index contributed by atoms with van der Waals surface area (Å²) in [6.07, 6.45) is 0. The third-order valence-corrected chi connectivity index (χ3v) is 2.39. The molecule has 0 aliphatic rings. The van der Waals surface area contributed by atoms with E-state index in [1.54, 1.807) is 0 Å². The number of pyridine rings is 1. The maximum Gasteiger partial charge on any atom is 0.126 e. The molecular formula is C5H5I2N3. The fourth-order valence-electron chi connectivity index (χ4n) is 0.520. The van der Waals surface area contributed by atoms with Gasteiger partial charge in [-0.05, 0) is 57.3 Å². The number of hydrazine groups is 1. The van der Waals surface area contributed by atoms with E-state index in [2.05, 4.69) is 55.6 Å². The average Bonchev–Trinajstić information content (AvgIpc) is 1.88. The first-order chi connectivity index (χ1) is 4.74. The van der Waals surface area contributed by atoms with E-state index >= 15 is 0 Å². The summed E-state index contributed by atoms with van der Waals surface area (Å²) in [7, 11) is 0. The molecule has 0 aliphatic carbocycles. The summed E-state index contributed by atoms with van der Waals surface area (Å²) in [4.78, 5) is 4.18. The van der Waals surface area contributed by atoms with E-state index in [9.17, 15) is 0 Å². The van der Waals surface area contributed by atoms with Gasteiger partial charge >= 0.3 is 0 Å². The fraction of sp³-hybridized carbons (Fsp3) is 0. The van der Waals surface area contributed by atoms with Crippen LogP contribution in [-0.4, -0.2) is 4.98 Å². The molecule has 0 unspecified atom stereocenters. The van der Waals surface area contributed by atoms with Crippen LogP contribution >= 0.6 is 45.2 Å². The molecule has 0 aliphatic heterocycles. The highest BCUT2D eigenvalue weighted by molar-refractivity contribution is 14.1. The summed E-state index contributed by atoms with van der Waals surface area (Å²) in [5.41, 5.74) is 3.41. The molecule has 1 aromatic heterocycles. The van der Waals surface area contributed by atoms with Crippen LogP contribution in [0.3, 0.4) is 0 Å². The van der Waals surface area contributed by atoms with Crippen molar-refractivity contribution in [3.8, 4) is 0 Å². The maximum atomic E-state index is 5.20. The van der Waals surface area contributed by atoms with Crippen LogP contribution in [0.5, 0.6) is 0 Å². The third kappa shape index (κ3) is 1.92. The second kappa shape index (κ2) is 3.67. The van der Waals surface area contributed by atoms with Gasteiger partial charge < -0.3 is 5.43 Å². The fourth-order valence-corrected chi connectivity index (χ4v) is 2.00. The summed E-state index contributed by atoms with van der Waals surface area (Å²) < 4.78 is 1.87. The van der Waals surface area contributed by atoms with E-state index in [1.807, 2.05) is 12.1 Å². The van der Waals surface area contributed by atoms with Gasteiger partial charge in [0.05, 0.1) is 5.69 Å². The molecule has 3 nitrogen and oxygen atoms in total. The van der Waals surface area contributed by atoms with Crippen molar-refractivity contribution in [2.75, 3.05) is 5.43 Å². The first-order valence-corrected chi connectivity index (χ1v) is 4.68. The topological polar surface area (TPSA) is 50.9 Å². The Morgan fingerprint density at radius 3 is 2.60 bits per heavy atom. The molecule has 0 radical (unpaired) electrons. The largest absolute Gasteiger partial charge is 0.322 e. The second-order valence-electron chi connectivity index (χ2n) is 1.62. The van der Waals surface area contributed by atoms with Crippen LogP contribution in [0.15, 0.2) is 12.1 Å². The molecule has 1 aromatic rings. The number of hydrogen-bond acceptors (Lipinski definition) is 3. The molecule has 0 amide bonds. The first kappa shape index (κ1) is 8.47. The van der Waals surface area contributed by atoms with Crippen molar-refractivity contribution in [3.63, 3.8) is 0 Å². The highest BCUT2D eigenvalue weighted by Crippen LogP contribution is 2.15. The Balaban J connectivity index is 3.07. The Labute approximate surface area is 86.0 Å². The Kier molecular flexibility index (Phi) is 3.11. The number of aromatic nitrogens is 1. The zero-order chi connectivity index (χ0) is 7.56. The molecule has 0 saturated heterocycles. The van der Waals surface area contributed by atoms with Crippen molar-refractivity contribution in [1.29, 1.82) is 0 Å². The minimum Gasteiger partial charge on any atom is -0.322 e. The zero-order valence-corrected chi connectivity index (χ0v) is 9.25. The highest BCUT2D eigenvalue weighted by Gasteiger charge is 1.97. The van der Waals surface area contributed by atoms with E-state index in [-0.39, 0.29) is 0 Å². The summed E-state index contributed by atoms with van der Waals surface area (Å²) >= 11 is 4.28. The van der Waals surface area contributed by atoms with Crippen molar-refractivity contribution < 1.29 is 0 Å². The predicted molar refractivity (Wildman–Crippen MR) is 57.5 cm³/mol. The van der Waals surface area contributed by atoms with Gasteiger partial charge in [-0.1, -0.05) is 0 Å². The predicted octanol–water partition coefficient (Wildman–Crippen LogP) is 1.58. The summed E-state index contributed by atoms with van der Waals surface area (Å²) in [6.45, 7) is 0. The molecular weight excluding hydrogens is 356 g/mol. The lowest BCUT2D eigenvalue weighted by molar-refractivity contribution is 1.19. The Hall–Kier alpha value is 0.370. The smallest absolute Gasteiger partial charge is 0.126 e. The molecule has 1 heterocycles. The van der Waals surface area contributed by atoms with Gasteiger partial charge in [0.1, 0.15) is 7.40 Å². The van der Waals surface area contributed by atoms with Gasteiger partial charge in [0.2, 0.25) is 0 Å². The number of anilines is 1. The molecule has 3 N–H and O–H groups in total. The lowest BCUT2D eigenvalue weighted by Crippen LogP contribution is -2.09. The van der Waals surface area contributed by atoms with Crippen LogP contribution in [0.2, 0.25) is 0 Å². The Bertz CT molecular complexity index is 238.